The Morgan fingerprint density at radius 1 is 0.950 bits per heavy atom. The van der Waals surface area contributed by atoms with Crippen LogP contribution in [0.1, 0.15) is 54.6 Å². The molecule has 1 aromatic carbocycles. The molecule has 0 spiro atoms. The Labute approximate surface area is 233 Å². The van der Waals surface area contributed by atoms with E-state index in [1.165, 1.54) is 0 Å². The molecule has 2 aliphatic heterocycles. The number of benzene rings is 1. The zero-order valence-electron chi connectivity index (χ0n) is 23.0. The van der Waals surface area contributed by atoms with E-state index in [1.807, 2.05) is 79.1 Å². The van der Waals surface area contributed by atoms with Gasteiger partial charge in [0, 0.05) is 60.1 Å². The number of nitrogens with one attached hydrogen (secondary N) is 1. The quantitative estimate of drug-likeness (QED) is 0.351. The lowest BCUT2D eigenvalue weighted by Gasteiger charge is -2.39. The number of hydrogen-bond acceptors (Lipinski definition) is 5. The monoisotopic (exact) mass is 535 g/mol. The molecule has 0 saturated carbocycles. The first-order valence-corrected chi connectivity index (χ1v) is 13.8. The van der Waals surface area contributed by atoms with Gasteiger partial charge in [-0.15, -0.1) is 0 Å². The van der Waals surface area contributed by atoms with Crippen molar-refractivity contribution in [3.8, 4) is 11.1 Å². The SMILES string of the molecule is CC(C)(C)[C@H](CC(=O)c1cc2ccccc2[nH]1)C(=O)N1C[C@@H]2C[C@H]1CN2C(=O)c1ccc(-c2cccnc2)cn1. The van der Waals surface area contributed by atoms with E-state index in [-0.39, 0.29) is 36.1 Å². The lowest BCUT2D eigenvalue weighted by Crippen LogP contribution is -2.53. The van der Waals surface area contributed by atoms with Crippen molar-refractivity contribution in [2.75, 3.05) is 13.1 Å². The second-order valence-electron chi connectivity index (χ2n) is 12.0. The Kier molecular flexibility index (Phi) is 6.49. The average Bonchev–Trinajstić information content (AvgIpc) is 3.69. The Balaban J connectivity index is 1.13. The van der Waals surface area contributed by atoms with E-state index in [2.05, 4.69) is 15.0 Å². The molecule has 0 radical (unpaired) electrons. The minimum absolute atomic E-state index is 0.00416. The minimum atomic E-state index is -0.461. The highest BCUT2D eigenvalue weighted by Gasteiger charge is 2.50. The smallest absolute Gasteiger partial charge is 0.272 e. The number of hydrogen-bond donors (Lipinski definition) is 1. The van der Waals surface area contributed by atoms with Gasteiger partial charge >= 0.3 is 0 Å². The van der Waals surface area contributed by atoms with Crippen molar-refractivity contribution in [1.82, 2.24) is 24.8 Å². The highest BCUT2D eigenvalue weighted by Crippen LogP contribution is 2.38. The summed E-state index contributed by atoms with van der Waals surface area (Å²) in [6.45, 7) is 7.00. The molecule has 1 N–H and O–H groups in total. The first-order valence-electron chi connectivity index (χ1n) is 13.8. The van der Waals surface area contributed by atoms with Crippen molar-refractivity contribution in [2.45, 2.75) is 45.7 Å². The summed E-state index contributed by atoms with van der Waals surface area (Å²) in [7, 11) is 0. The molecule has 2 amide bonds. The Morgan fingerprint density at radius 2 is 1.70 bits per heavy atom. The van der Waals surface area contributed by atoms with Gasteiger partial charge in [0.25, 0.3) is 5.91 Å². The van der Waals surface area contributed by atoms with Crippen molar-refractivity contribution in [3.63, 3.8) is 0 Å². The van der Waals surface area contributed by atoms with Crippen LogP contribution in [-0.2, 0) is 4.79 Å². The first-order chi connectivity index (χ1) is 19.2. The molecular weight excluding hydrogens is 502 g/mol. The van der Waals surface area contributed by atoms with Crippen LogP contribution in [0.4, 0.5) is 0 Å². The number of ketones is 1. The molecule has 0 aliphatic carbocycles. The fraction of sp³-hybridized carbons (Fsp3) is 0.344. The number of rotatable bonds is 6. The van der Waals surface area contributed by atoms with Crippen LogP contribution < -0.4 is 0 Å². The second kappa shape index (κ2) is 10.0. The van der Waals surface area contributed by atoms with Gasteiger partial charge in [-0.2, -0.15) is 0 Å². The maximum Gasteiger partial charge on any atom is 0.272 e. The fourth-order valence-electron chi connectivity index (χ4n) is 6.04. The summed E-state index contributed by atoms with van der Waals surface area (Å²) in [6, 6.07) is 17.0. The molecule has 3 atom stereocenters. The van der Waals surface area contributed by atoms with E-state index in [0.717, 1.165) is 28.5 Å². The maximum atomic E-state index is 13.9. The largest absolute Gasteiger partial charge is 0.352 e. The van der Waals surface area contributed by atoms with Gasteiger partial charge in [-0.1, -0.05) is 51.1 Å². The van der Waals surface area contributed by atoms with E-state index in [0.29, 0.717) is 24.5 Å². The predicted octanol–water partition coefficient (Wildman–Crippen LogP) is 4.99. The van der Waals surface area contributed by atoms with Gasteiger partial charge in [0.2, 0.25) is 5.91 Å². The predicted molar refractivity (Wildman–Crippen MR) is 153 cm³/mol. The lowest BCUT2D eigenvalue weighted by molar-refractivity contribution is -0.141. The Hall–Kier alpha value is -4.33. The number of carbonyl (C=O) groups excluding carboxylic acids is 3. The van der Waals surface area contributed by atoms with Crippen LogP contribution in [-0.4, -0.2) is 67.5 Å². The number of H-pyrrole nitrogens is 1. The number of amides is 2. The van der Waals surface area contributed by atoms with Crippen molar-refractivity contribution < 1.29 is 14.4 Å². The minimum Gasteiger partial charge on any atom is -0.352 e. The number of fused-ring (bicyclic) bond motifs is 3. The summed E-state index contributed by atoms with van der Waals surface area (Å²) >= 11 is 0. The van der Waals surface area contributed by atoms with Gasteiger partial charge in [-0.25, -0.2) is 0 Å². The molecule has 8 nitrogen and oxygen atoms in total. The van der Waals surface area contributed by atoms with Crippen molar-refractivity contribution in [3.05, 3.63) is 84.6 Å². The van der Waals surface area contributed by atoms with Crippen LogP contribution in [0.5, 0.6) is 0 Å². The molecular formula is C32H33N5O3. The normalized spacial score (nSPS) is 19.3. The number of likely N-dealkylation sites (tertiary alicyclic amines) is 2. The molecule has 2 saturated heterocycles. The number of aromatic amines is 1. The molecule has 5 heterocycles. The molecule has 3 aromatic heterocycles. The van der Waals surface area contributed by atoms with Crippen molar-refractivity contribution in [1.29, 1.82) is 0 Å². The van der Waals surface area contributed by atoms with Gasteiger partial charge < -0.3 is 14.8 Å². The topological polar surface area (TPSA) is 99.3 Å². The number of nitrogens with zero attached hydrogens (tertiary/aromatic N) is 4. The molecule has 2 aliphatic rings. The summed E-state index contributed by atoms with van der Waals surface area (Å²) < 4.78 is 0. The molecule has 204 valence electrons. The third-order valence-corrected chi connectivity index (χ3v) is 8.33. The van der Waals surface area contributed by atoms with Crippen LogP contribution in [0.15, 0.2) is 73.2 Å². The highest BCUT2D eigenvalue weighted by atomic mass is 16.2. The number of Topliss-reactive ketones (excluding diaryl/α,β-unsaturated/α-hetero) is 1. The zero-order chi connectivity index (χ0) is 28.0. The van der Waals surface area contributed by atoms with Crippen molar-refractivity contribution in [2.24, 2.45) is 11.3 Å². The van der Waals surface area contributed by atoms with Gasteiger partial charge in [-0.05, 0) is 36.1 Å². The maximum absolute atomic E-state index is 13.9. The summed E-state index contributed by atoms with van der Waals surface area (Å²) in [5, 5.41) is 0.979. The van der Waals surface area contributed by atoms with Crippen LogP contribution in [0.3, 0.4) is 0 Å². The highest BCUT2D eigenvalue weighted by molar-refractivity contribution is 6.01. The van der Waals surface area contributed by atoms with E-state index in [9.17, 15) is 14.4 Å². The summed E-state index contributed by atoms with van der Waals surface area (Å²) in [6.07, 6.45) is 6.07. The molecule has 8 heteroatoms. The Bertz CT molecular complexity index is 1540. The number of para-hydroxylation sites is 1. The number of aromatic nitrogens is 3. The third-order valence-electron chi connectivity index (χ3n) is 8.33. The summed E-state index contributed by atoms with van der Waals surface area (Å²) in [4.78, 5) is 56.0. The summed E-state index contributed by atoms with van der Waals surface area (Å²) in [5.74, 6) is -0.641. The standard InChI is InChI=1S/C32H33N5O3/c1-32(2,3)25(15-29(38)28-13-20-7-4-5-9-26(20)35-28)30(39)36-18-24-14-23(36)19-37(24)31(40)27-11-10-22(17-34-27)21-8-6-12-33-16-21/h4-13,16-17,23-25,35H,14-15,18-19H2,1-3H3/t23-,24-,25+/m0/s1. The van der Waals surface area contributed by atoms with Gasteiger partial charge in [0.05, 0.1) is 23.7 Å². The van der Waals surface area contributed by atoms with Gasteiger partial charge in [0.1, 0.15) is 5.69 Å². The molecule has 0 unspecified atom stereocenters. The van der Waals surface area contributed by atoms with Crippen LogP contribution in [0.2, 0.25) is 0 Å². The molecule has 40 heavy (non-hydrogen) atoms. The van der Waals surface area contributed by atoms with E-state index in [1.54, 1.807) is 24.7 Å². The molecule has 2 bridgehead atoms. The van der Waals surface area contributed by atoms with Gasteiger partial charge in [0.15, 0.2) is 5.78 Å². The zero-order valence-corrected chi connectivity index (χ0v) is 23.0. The third kappa shape index (κ3) is 4.78. The molecule has 2 fully saturated rings. The van der Waals surface area contributed by atoms with Crippen LogP contribution in [0.25, 0.3) is 22.0 Å². The summed E-state index contributed by atoms with van der Waals surface area (Å²) in [5.41, 5.74) is 3.29. The lowest BCUT2D eigenvalue weighted by atomic mass is 9.76. The Morgan fingerprint density at radius 3 is 2.35 bits per heavy atom. The van der Waals surface area contributed by atoms with Crippen molar-refractivity contribution >= 4 is 28.5 Å². The van der Waals surface area contributed by atoms with E-state index < -0.39 is 11.3 Å². The number of pyridine rings is 2. The van der Waals surface area contributed by atoms with Gasteiger partial charge in [-0.3, -0.25) is 24.4 Å². The van der Waals surface area contributed by atoms with Crippen LogP contribution >= 0.6 is 0 Å². The second-order valence-corrected chi connectivity index (χ2v) is 12.0. The number of carbonyl (C=O) groups is 3. The first kappa shape index (κ1) is 25.9. The molecule has 6 rings (SSSR count). The average molecular weight is 536 g/mol. The van der Waals surface area contributed by atoms with Crippen LogP contribution in [0, 0.1) is 11.3 Å². The number of piperazine rings is 1. The van der Waals surface area contributed by atoms with E-state index >= 15 is 0 Å². The molecule has 4 aromatic rings. The van der Waals surface area contributed by atoms with E-state index in [4.69, 9.17) is 0 Å². The fourth-order valence-corrected chi connectivity index (χ4v) is 6.04.